The average molecular weight is 268 g/mol. The predicted octanol–water partition coefficient (Wildman–Crippen LogP) is 3.46. The van der Waals surface area contributed by atoms with Crippen molar-refractivity contribution < 1.29 is 0 Å². The van der Waals surface area contributed by atoms with Gasteiger partial charge >= 0.3 is 0 Å². The van der Waals surface area contributed by atoms with Gasteiger partial charge in [0.25, 0.3) is 0 Å². The van der Waals surface area contributed by atoms with Gasteiger partial charge in [-0.05, 0) is 31.7 Å². The Morgan fingerprint density at radius 2 is 2.06 bits per heavy atom. The van der Waals surface area contributed by atoms with E-state index >= 15 is 0 Å². The molecule has 2 aromatic rings. The molecule has 0 radical (unpaired) electrons. The van der Waals surface area contributed by atoms with Gasteiger partial charge < -0.3 is 5.32 Å². The second-order valence-electron chi connectivity index (χ2n) is 3.79. The lowest BCUT2D eigenvalue weighted by Gasteiger charge is -2.08. The highest BCUT2D eigenvalue weighted by Gasteiger charge is 2.06. The normalized spacial score (nSPS) is 10.5. The van der Waals surface area contributed by atoms with E-state index in [0.29, 0.717) is 11.0 Å². The van der Waals surface area contributed by atoms with Gasteiger partial charge in [-0.25, -0.2) is 9.97 Å². The first kappa shape index (κ1) is 12.3. The number of nitrogens with zero attached hydrogens (tertiary/aromatic N) is 2. The second-order valence-corrected chi connectivity index (χ2v) is 5.18. The lowest BCUT2D eigenvalue weighted by Crippen LogP contribution is -2.08. The first-order valence-electron chi connectivity index (χ1n) is 5.44. The van der Waals surface area contributed by atoms with Crippen LogP contribution < -0.4 is 5.32 Å². The first-order chi connectivity index (χ1) is 8.16. The number of aryl methyl sites for hydroxylation is 2. The Labute approximate surface area is 110 Å². The molecule has 0 aliphatic rings. The lowest BCUT2D eigenvalue weighted by atomic mass is 10.3. The number of rotatable bonds is 4. The summed E-state index contributed by atoms with van der Waals surface area (Å²) in [7, 11) is 0. The number of aromatic nitrogens is 2. The number of anilines is 1. The number of halogens is 1. The van der Waals surface area contributed by atoms with Crippen molar-refractivity contribution in [2.24, 2.45) is 0 Å². The summed E-state index contributed by atoms with van der Waals surface area (Å²) in [6.07, 6.45) is 0.975. The molecule has 90 valence electrons. The third kappa shape index (κ3) is 3.17. The van der Waals surface area contributed by atoms with E-state index in [1.54, 1.807) is 11.3 Å². The Morgan fingerprint density at radius 3 is 2.76 bits per heavy atom. The van der Waals surface area contributed by atoms with Crippen LogP contribution in [0.15, 0.2) is 17.5 Å². The fraction of sp³-hybridized carbons (Fsp3) is 0.333. The minimum absolute atomic E-state index is 0.444. The zero-order valence-corrected chi connectivity index (χ0v) is 11.4. The maximum Gasteiger partial charge on any atom is 0.171 e. The Kier molecular flexibility index (Phi) is 3.97. The van der Waals surface area contributed by atoms with E-state index in [0.717, 1.165) is 24.4 Å². The largest absolute Gasteiger partial charge is 0.367 e. The molecule has 17 heavy (non-hydrogen) atoms. The zero-order valence-electron chi connectivity index (χ0n) is 9.83. The highest BCUT2D eigenvalue weighted by atomic mass is 35.5. The first-order valence-corrected chi connectivity index (χ1v) is 6.69. The Morgan fingerprint density at radius 1 is 1.29 bits per heavy atom. The zero-order chi connectivity index (χ0) is 12.3. The summed E-state index contributed by atoms with van der Waals surface area (Å²) in [5.41, 5.74) is 1.78. The standard InChI is InChI=1S/C12H14ClN3S/c1-8-9(2)16-12(11(13)15-8)14-6-5-10-4-3-7-17-10/h3-4,7H,5-6H2,1-2H3,(H,14,16). The third-order valence-electron chi connectivity index (χ3n) is 2.51. The van der Waals surface area contributed by atoms with Gasteiger partial charge in [-0.15, -0.1) is 11.3 Å². The van der Waals surface area contributed by atoms with Crippen LogP contribution in [0.1, 0.15) is 16.3 Å². The number of hydrogen-bond acceptors (Lipinski definition) is 4. The van der Waals surface area contributed by atoms with Crippen molar-refractivity contribution in [3.63, 3.8) is 0 Å². The maximum atomic E-state index is 6.03. The van der Waals surface area contributed by atoms with E-state index < -0.39 is 0 Å². The molecule has 0 aromatic carbocycles. The molecule has 0 bridgehead atoms. The molecule has 0 unspecified atom stereocenters. The summed E-state index contributed by atoms with van der Waals surface area (Å²) in [5, 5.41) is 5.75. The summed E-state index contributed by atoms with van der Waals surface area (Å²) in [4.78, 5) is 9.97. The van der Waals surface area contributed by atoms with Crippen molar-refractivity contribution in [3.05, 3.63) is 38.9 Å². The SMILES string of the molecule is Cc1nc(Cl)c(NCCc2cccs2)nc1C. The summed E-state index contributed by atoms with van der Waals surface area (Å²) < 4.78 is 0. The van der Waals surface area contributed by atoms with E-state index in [9.17, 15) is 0 Å². The van der Waals surface area contributed by atoms with E-state index in [4.69, 9.17) is 11.6 Å². The minimum Gasteiger partial charge on any atom is -0.367 e. The van der Waals surface area contributed by atoms with Gasteiger partial charge in [-0.1, -0.05) is 17.7 Å². The molecule has 0 saturated carbocycles. The van der Waals surface area contributed by atoms with Crippen LogP contribution in [-0.4, -0.2) is 16.5 Å². The fourth-order valence-corrected chi connectivity index (χ4v) is 2.39. The third-order valence-corrected chi connectivity index (χ3v) is 3.71. The molecule has 5 heteroatoms. The highest BCUT2D eigenvalue weighted by molar-refractivity contribution is 7.09. The fourth-order valence-electron chi connectivity index (χ4n) is 1.45. The molecule has 0 amide bonds. The molecule has 0 spiro atoms. The van der Waals surface area contributed by atoms with E-state index in [2.05, 4.69) is 32.8 Å². The predicted molar refractivity (Wildman–Crippen MR) is 73.0 cm³/mol. The number of hydrogen-bond donors (Lipinski definition) is 1. The van der Waals surface area contributed by atoms with Crippen LogP contribution in [0.5, 0.6) is 0 Å². The van der Waals surface area contributed by atoms with Gasteiger partial charge in [0, 0.05) is 11.4 Å². The van der Waals surface area contributed by atoms with Crippen molar-refractivity contribution in [1.29, 1.82) is 0 Å². The quantitative estimate of drug-likeness (QED) is 0.922. The molecule has 2 heterocycles. The van der Waals surface area contributed by atoms with Crippen molar-refractivity contribution in [2.75, 3.05) is 11.9 Å². The van der Waals surface area contributed by atoms with Crippen LogP contribution in [0, 0.1) is 13.8 Å². The summed E-state index contributed by atoms with van der Waals surface area (Å²) in [6, 6.07) is 4.18. The molecule has 2 rings (SSSR count). The molecule has 0 atom stereocenters. The van der Waals surface area contributed by atoms with Gasteiger partial charge in [-0.2, -0.15) is 0 Å². The topological polar surface area (TPSA) is 37.8 Å². The Hall–Kier alpha value is -1.13. The van der Waals surface area contributed by atoms with Crippen molar-refractivity contribution >= 4 is 28.8 Å². The number of thiophene rings is 1. The van der Waals surface area contributed by atoms with Gasteiger partial charge in [-0.3, -0.25) is 0 Å². The van der Waals surface area contributed by atoms with Crippen molar-refractivity contribution in [3.8, 4) is 0 Å². The van der Waals surface area contributed by atoms with Crippen LogP contribution >= 0.6 is 22.9 Å². The molecule has 3 nitrogen and oxygen atoms in total. The second kappa shape index (κ2) is 5.47. The summed E-state index contributed by atoms with van der Waals surface area (Å²) >= 11 is 7.79. The van der Waals surface area contributed by atoms with Crippen LogP contribution in [-0.2, 0) is 6.42 Å². The Balaban J connectivity index is 1.97. The van der Waals surface area contributed by atoms with Crippen LogP contribution in [0.3, 0.4) is 0 Å². The average Bonchev–Trinajstić information content (AvgIpc) is 2.78. The monoisotopic (exact) mass is 267 g/mol. The van der Waals surface area contributed by atoms with E-state index in [1.807, 2.05) is 13.8 Å². The van der Waals surface area contributed by atoms with Gasteiger partial charge in [0.05, 0.1) is 11.4 Å². The summed E-state index contributed by atoms with van der Waals surface area (Å²) in [6.45, 7) is 4.66. The smallest absolute Gasteiger partial charge is 0.171 e. The van der Waals surface area contributed by atoms with Crippen LogP contribution in [0.2, 0.25) is 5.15 Å². The molecule has 2 aromatic heterocycles. The molecule has 1 N–H and O–H groups in total. The van der Waals surface area contributed by atoms with Crippen LogP contribution in [0.25, 0.3) is 0 Å². The maximum absolute atomic E-state index is 6.03. The molecular weight excluding hydrogens is 254 g/mol. The molecule has 0 aliphatic heterocycles. The number of nitrogens with one attached hydrogen (secondary N) is 1. The van der Waals surface area contributed by atoms with Crippen molar-refractivity contribution in [1.82, 2.24) is 9.97 Å². The van der Waals surface area contributed by atoms with E-state index in [1.165, 1.54) is 4.88 Å². The van der Waals surface area contributed by atoms with Gasteiger partial charge in [0.2, 0.25) is 0 Å². The minimum atomic E-state index is 0.444. The van der Waals surface area contributed by atoms with E-state index in [-0.39, 0.29) is 0 Å². The molecule has 0 saturated heterocycles. The molecule has 0 fully saturated rings. The lowest BCUT2D eigenvalue weighted by molar-refractivity contribution is 0.989. The van der Waals surface area contributed by atoms with Gasteiger partial charge in [0.15, 0.2) is 11.0 Å². The summed E-state index contributed by atoms with van der Waals surface area (Å²) in [5.74, 6) is 0.673. The van der Waals surface area contributed by atoms with Gasteiger partial charge in [0.1, 0.15) is 0 Å². The van der Waals surface area contributed by atoms with Crippen LogP contribution in [0.4, 0.5) is 5.82 Å². The van der Waals surface area contributed by atoms with Crippen molar-refractivity contribution in [2.45, 2.75) is 20.3 Å². The Bertz CT molecular complexity index is 497. The molecule has 0 aliphatic carbocycles. The highest BCUT2D eigenvalue weighted by Crippen LogP contribution is 2.18. The molecular formula is C12H14ClN3S.